The molecule has 0 fully saturated rings. The Morgan fingerprint density at radius 2 is 2.00 bits per heavy atom. The van der Waals surface area contributed by atoms with Gasteiger partial charge in [0.2, 0.25) is 0 Å². The van der Waals surface area contributed by atoms with Crippen LogP contribution in [-0.2, 0) is 4.79 Å². The minimum Gasteiger partial charge on any atom is -0.480 e. The molecular formula is C14H13F2N3O4. The summed E-state index contributed by atoms with van der Waals surface area (Å²) in [6.45, 7) is -1.68. The predicted molar refractivity (Wildman–Crippen MR) is 75.6 cm³/mol. The Bertz CT molecular complexity index is 718. The maximum absolute atomic E-state index is 12.4. The molecule has 122 valence electrons. The highest BCUT2D eigenvalue weighted by molar-refractivity contribution is 6.04. The summed E-state index contributed by atoms with van der Waals surface area (Å²) in [6, 6.07) is 5.94. The molecule has 2 N–H and O–H groups in total. The monoisotopic (exact) mass is 325 g/mol. The third-order valence-electron chi connectivity index (χ3n) is 2.98. The van der Waals surface area contributed by atoms with Crippen molar-refractivity contribution < 1.29 is 28.2 Å². The summed E-state index contributed by atoms with van der Waals surface area (Å²) in [6.07, 6.45) is 1.27. The molecule has 1 atom stereocenters. The number of aromatic nitrogens is 2. The summed E-state index contributed by atoms with van der Waals surface area (Å²) in [7, 11) is 0. The second-order valence-electron chi connectivity index (χ2n) is 4.50. The molecule has 0 aliphatic heterocycles. The van der Waals surface area contributed by atoms with Crippen LogP contribution in [0, 0.1) is 0 Å². The van der Waals surface area contributed by atoms with E-state index in [-0.39, 0.29) is 17.1 Å². The lowest BCUT2D eigenvalue weighted by atomic mass is 10.2. The van der Waals surface area contributed by atoms with Crippen LogP contribution in [0.15, 0.2) is 36.5 Å². The van der Waals surface area contributed by atoms with Crippen LogP contribution in [0.3, 0.4) is 0 Å². The Labute approximate surface area is 129 Å². The van der Waals surface area contributed by atoms with E-state index in [0.717, 1.165) is 4.68 Å². The second kappa shape index (κ2) is 6.86. The number of carbonyl (C=O) groups is 2. The van der Waals surface area contributed by atoms with E-state index in [4.69, 9.17) is 5.11 Å². The highest BCUT2D eigenvalue weighted by atomic mass is 19.3. The lowest BCUT2D eigenvalue weighted by Crippen LogP contribution is -2.24. The van der Waals surface area contributed by atoms with E-state index in [2.05, 4.69) is 15.2 Å². The molecule has 0 spiro atoms. The average molecular weight is 325 g/mol. The number of ether oxygens (including phenoxy) is 1. The molecule has 1 heterocycles. The number of carboxylic acid groups (broad SMARTS) is 1. The number of carbonyl (C=O) groups excluding carboxylic acids is 1. The number of anilines is 1. The molecule has 2 aromatic rings. The van der Waals surface area contributed by atoms with Gasteiger partial charge < -0.3 is 15.2 Å². The highest BCUT2D eigenvalue weighted by Crippen LogP contribution is 2.26. The van der Waals surface area contributed by atoms with E-state index in [0.29, 0.717) is 0 Å². The first-order valence-corrected chi connectivity index (χ1v) is 6.51. The Balaban J connectivity index is 2.24. The number of benzene rings is 1. The van der Waals surface area contributed by atoms with Crippen LogP contribution < -0.4 is 10.1 Å². The number of nitrogens with zero attached hydrogens (tertiary/aromatic N) is 2. The van der Waals surface area contributed by atoms with Gasteiger partial charge in [0.05, 0.1) is 5.69 Å². The number of halogens is 2. The molecule has 1 unspecified atom stereocenters. The largest absolute Gasteiger partial charge is 0.480 e. The molecule has 0 saturated heterocycles. The fraction of sp³-hybridized carbons (Fsp3) is 0.214. The second-order valence-corrected chi connectivity index (χ2v) is 4.50. The summed E-state index contributed by atoms with van der Waals surface area (Å²) < 4.78 is 30.0. The van der Waals surface area contributed by atoms with Gasteiger partial charge in [0.25, 0.3) is 5.91 Å². The van der Waals surface area contributed by atoms with Gasteiger partial charge in [-0.2, -0.15) is 13.9 Å². The molecule has 23 heavy (non-hydrogen) atoms. The zero-order chi connectivity index (χ0) is 17.0. The Morgan fingerprint density at radius 1 is 1.30 bits per heavy atom. The number of amides is 1. The zero-order valence-electron chi connectivity index (χ0n) is 11.9. The zero-order valence-corrected chi connectivity index (χ0v) is 11.9. The molecule has 9 heteroatoms. The first kappa shape index (κ1) is 16.4. The van der Waals surface area contributed by atoms with Crippen molar-refractivity contribution in [3.8, 4) is 5.75 Å². The normalized spacial score (nSPS) is 12.0. The van der Waals surface area contributed by atoms with E-state index in [9.17, 15) is 18.4 Å². The molecule has 0 radical (unpaired) electrons. The van der Waals surface area contributed by atoms with Crippen LogP contribution in [0.5, 0.6) is 5.75 Å². The lowest BCUT2D eigenvalue weighted by molar-refractivity contribution is -0.140. The van der Waals surface area contributed by atoms with Gasteiger partial charge in [0.1, 0.15) is 17.5 Å². The van der Waals surface area contributed by atoms with Crippen LogP contribution in [0.1, 0.15) is 23.5 Å². The topological polar surface area (TPSA) is 93.5 Å². The van der Waals surface area contributed by atoms with Gasteiger partial charge in [-0.3, -0.25) is 4.79 Å². The third-order valence-corrected chi connectivity index (χ3v) is 2.98. The van der Waals surface area contributed by atoms with Gasteiger partial charge >= 0.3 is 12.6 Å². The van der Waals surface area contributed by atoms with E-state index in [1.807, 2.05) is 0 Å². The Kier molecular flexibility index (Phi) is 4.89. The number of carboxylic acids is 1. The molecule has 1 aromatic heterocycles. The van der Waals surface area contributed by atoms with Crippen molar-refractivity contribution in [3.63, 3.8) is 0 Å². The summed E-state index contributed by atoms with van der Waals surface area (Å²) in [4.78, 5) is 23.3. The SMILES string of the molecule is CC(C(=O)O)n1nccc1C(=O)Nc1ccccc1OC(F)F. The summed E-state index contributed by atoms with van der Waals surface area (Å²) in [5, 5.41) is 15.2. The van der Waals surface area contributed by atoms with Crippen LogP contribution in [-0.4, -0.2) is 33.4 Å². The maximum Gasteiger partial charge on any atom is 0.387 e. The molecule has 2 rings (SSSR count). The van der Waals surface area contributed by atoms with E-state index in [1.54, 1.807) is 0 Å². The van der Waals surface area contributed by atoms with Crippen molar-refractivity contribution in [1.29, 1.82) is 0 Å². The van der Waals surface area contributed by atoms with Gasteiger partial charge in [-0.1, -0.05) is 12.1 Å². The Morgan fingerprint density at radius 3 is 2.65 bits per heavy atom. The van der Waals surface area contributed by atoms with Crippen molar-refractivity contribution in [2.45, 2.75) is 19.6 Å². The smallest absolute Gasteiger partial charge is 0.387 e. The van der Waals surface area contributed by atoms with Gasteiger partial charge in [-0.15, -0.1) is 0 Å². The number of nitrogens with one attached hydrogen (secondary N) is 1. The molecule has 1 aromatic carbocycles. The molecule has 0 aliphatic carbocycles. The standard InChI is InChI=1S/C14H13F2N3O4/c1-8(13(21)22)19-10(6-7-17-19)12(20)18-9-4-2-3-5-11(9)23-14(15)16/h2-8,14H,1H3,(H,18,20)(H,21,22). The van der Waals surface area contributed by atoms with Crippen molar-refractivity contribution in [2.75, 3.05) is 5.32 Å². The fourth-order valence-corrected chi connectivity index (χ4v) is 1.86. The Hall–Kier alpha value is -2.97. The van der Waals surface area contributed by atoms with Crippen LogP contribution in [0.25, 0.3) is 0 Å². The third kappa shape index (κ3) is 3.82. The molecule has 0 saturated carbocycles. The molecule has 7 nitrogen and oxygen atoms in total. The van der Waals surface area contributed by atoms with E-state index >= 15 is 0 Å². The number of alkyl halides is 2. The maximum atomic E-state index is 12.4. The molecule has 0 bridgehead atoms. The highest BCUT2D eigenvalue weighted by Gasteiger charge is 2.22. The number of hydrogen-bond acceptors (Lipinski definition) is 4. The minimum absolute atomic E-state index is 0.0215. The summed E-state index contributed by atoms with van der Waals surface area (Å²) in [5.74, 6) is -2.06. The van der Waals surface area contributed by atoms with Crippen molar-refractivity contribution in [1.82, 2.24) is 9.78 Å². The van der Waals surface area contributed by atoms with Crippen LogP contribution in [0.2, 0.25) is 0 Å². The van der Waals surface area contributed by atoms with Crippen molar-refractivity contribution in [2.24, 2.45) is 0 Å². The van der Waals surface area contributed by atoms with Crippen LogP contribution in [0.4, 0.5) is 14.5 Å². The first-order chi connectivity index (χ1) is 10.9. The quantitative estimate of drug-likeness (QED) is 0.850. The molecule has 1 amide bonds. The minimum atomic E-state index is -3.04. The number of aliphatic carboxylic acids is 1. The van der Waals surface area contributed by atoms with Crippen molar-refractivity contribution in [3.05, 3.63) is 42.2 Å². The van der Waals surface area contributed by atoms with Gasteiger partial charge in [0, 0.05) is 6.20 Å². The number of para-hydroxylation sites is 2. The van der Waals surface area contributed by atoms with E-state index in [1.165, 1.54) is 43.5 Å². The number of hydrogen-bond donors (Lipinski definition) is 2. The van der Waals surface area contributed by atoms with Gasteiger partial charge in [-0.25, -0.2) is 9.48 Å². The van der Waals surface area contributed by atoms with E-state index < -0.39 is 24.5 Å². The molecule has 0 aliphatic rings. The van der Waals surface area contributed by atoms with Gasteiger partial charge in [-0.05, 0) is 25.1 Å². The fourth-order valence-electron chi connectivity index (χ4n) is 1.86. The van der Waals surface area contributed by atoms with Crippen LogP contribution >= 0.6 is 0 Å². The number of rotatable bonds is 6. The first-order valence-electron chi connectivity index (χ1n) is 6.51. The predicted octanol–water partition coefficient (Wildman–Crippen LogP) is 2.38. The molecular weight excluding hydrogens is 312 g/mol. The lowest BCUT2D eigenvalue weighted by Gasteiger charge is -2.14. The summed E-state index contributed by atoms with van der Waals surface area (Å²) in [5.41, 5.74) is 0.0141. The van der Waals surface area contributed by atoms with Crippen molar-refractivity contribution >= 4 is 17.6 Å². The van der Waals surface area contributed by atoms with Gasteiger partial charge in [0.15, 0.2) is 0 Å². The summed E-state index contributed by atoms with van der Waals surface area (Å²) >= 11 is 0. The average Bonchev–Trinajstić information content (AvgIpc) is 2.97.